The molecule has 2 rings (SSSR count). The number of aromatic nitrogens is 1. The Hall–Kier alpha value is -1.71. The first-order valence-corrected chi connectivity index (χ1v) is 4.36. The zero-order valence-corrected chi connectivity index (χ0v) is 8.44. The first kappa shape index (κ1) is 8.87. The van der Waals surface area contributed by atoms with Crippen molar-refractivity contribution in [1.29, 1.82) is 0 Å². The molecule has 14 heavy (non-hydrogen) atoms. The van der Waals surface area contributed by atoms with Crippen molar-refractivity contribution in [2.75, 3.05) is 19.0 Å². The van der Waals surface area contributed by atoms with Crippen LogP contribution in [-0.4, -0.2) is 18.7 Å². The van der Waals surface area contributed by atoms with Crippen molar-refractivity contribution in [3.63, 3.8) is 0 Å². The third-order valence-electron chi connectivity index (χ3n) is 2.29. The molecular weight excluding hydrogens is 180 g/mol. The van der Waals surface area contributed by atoms with E-state index in [1.54, 1.807) is 7.05 Å². The summed E-state index contributed by atoms with van der Waals surface area (Å²) in [5.74, 6) is -0.323. The van der Waals surface area contributed by atoms with E-state index in [0.717, 1.165) is 11.2 Å². The quantitative estimate of drug-likeness (QED) is 0.681. The first-order valence-electron chi connectivity index (χ1n) is 4.36. The predicted octanol–water partition coefficient (Wildman–Crippen LogP) is 1.20. The highest BCUT2D eigenvalue weighted by Crippen LogP contribution is 2.19. The summed E-state index contributed by atoms with van der Waals surface area (Å²) in [6.07, 6.45) is 0. The molecule has 0 aliphatic heterocycles. The van der Waals surface area contributed by atoms with Crippen molar-refractivity contribution < 1.29 is 4.42 Å². The molecule has 0 saturated heterocycles. The lowest BCUT2D eigenvalue weighted by atomic mass is 10.3. The zero-order valence-electron chi connectivity index (χ0n) is 8.44. The van der Waals surface area contributed by atoms with Gasteiger partial charge in [0.05, 0.1) is 5.52 Å². The van der Waals surface area contributed by atoms with Crippen molar-refractivity contribution >= 4 is 16.8 Å². The van der Waals surface area contributed by atoms with Gasteiger partial charge in [-0.2, -0.15) is 0 Å². The van der Waals surface area contributed by atoms with E-state index >= 15 is 0 Å². The average molecular weight is 192 g/mol. The van der Waals surface area contributed by atoms with Crippen LogP contribution >= 0.6 is 0 Å². The summed E-state index contributed by atoms with van der Waals surface area (Å²) >= 11 is 0. The minimum atomic E-state index is -0.323. The van der Waals surface area contributed by atoms with Gasteiger partial charge in [-0.25, -0.2) is 4.79 Å². The lowest BCUT2D eigenvalue weighted by Crippen LogP contribution is -2.09. The summed E-state index contributed by atoms with van der Waals surface area (Å²) in [6, 6.07) is 5.70. The standard InChI is InChI=1S/C10H12N2O2/c1-11(2)7-4-5-8-9(6-7)14-10(13)12(8)3/h4-6H,1-3H3. The van der Waals surface area contributed by atoms with Crippen LogP contribution < -0.4 is 10.7 Å². The highest BCUT2D eigenvalue weighted by atomic mass is 16.4. The topological polar surface area (TPSA) is 38.4 Å². The number of aryl methyl sites for hydroxylation is 1. The van der Waals surface area contributed by atoms with Crippen molar-refractivity contribution in [2.45, 2.75) is 0 Å². The maximum absolute atomic E-state index is 11.2. The molecule has 1 heterocycles. The van der Waals surface area contributed by atoms with Crippen LogP contribution in [0.1, 0.15) is 0 Å². The molecule has 4 nitrogen and oxygen atoms in total. The molecule has 2 aromatic rings. The van der Waals surface area contributed by atoms with Crippen LogP contribution in [0.2, 0.25) is 0 Å². The van der Waals surface area contributed by atoms with Gasteiger partial charge >= 0.3 is 5.76 Å². The normalized spacial score (nSPS) is 10.8. The Morgan fingerprint density at radius 1 is 1.36 bits per heavy atom. The van der Waals surface area contributed by atoms with E-state index < -0.39 is 0 Å². The fourth-order valence-electron chi connectivity index (χ4n) is 1.40. The van der Waals surface area contributed by atoms with E-state index in [4.69, 9.17) is 4.42 Å². The highest BCUT2D eigenvalue weighted by Gasteiger charge is 2.06. The Kier molecular flexibility index (Phi) is 1.84. The molecule has 0 saturated carbocycles. The van der Waals surface area contributed by atoms with E-state index in [1.807, 2.05) is 37.2 Å². The van der Waals surface area contributed by atoms with Crippen molar-refractivity contribution in [3.05, 3.63) is 28.7 Å². The van der Waals surface area contributed by atoms with Gasteiger partial charge in [0.15, 0.2) is 5.58 Å². The molecule has 0 amide bonds. The van der Waals surface area contributed by atoms with Crippen LogP contribution in [0.5, 0.6) is 0 Å². The second kappa shape index (κ2) is 2.90. The van der Waals surface area contributed by atoms with Gasteiger partial charge in [-0.15, -0.1) is 0 Å². The summed E-state index contributed by atoms with van der Waals surface area (Å²) in [4.78, 5) is 13.2. The number of anilines is 1. The smallest absolute Gasteiger partial charge is 0.408 e. The Bertz CT molecular complexity index is 522. The van der Waals surface area contributed by atoms with Crippen LogP contribution in [0.4, 0.5) is 5.69 Å². The van der Waals surface area contributed by atoms with Gasteiger partial charge in [0.1, 0.15) is 0 Å². The number of benzene rings is 1. The van der Waals surface area contributed by atoms with Gasteiger partial charge in [0.2, 0.25) is 0 Å². The molecule has 4 heteroatoms. The van der Waals surface area contributed by atoms with Crippen LogP contribution in [0.15, 0.2) is 27.4 Å². The Morgan fingerprint density at radius 2 is 2.07 bits per heavy atom. The fraction of sp³-hybridized carbons (Fsp3) is 0.300. The minimum absolute atomic E-state index is 0.323. The monoisotopic (exact) mass is 192 g/mol. The zero-order chi connectivity index (χ0) is 10.3. The third kappa shape index (κ3) is 1.19. The molecule has 0 N–H and O–H groups in total. The van der Waals surface area contributed by atoms with Crippen LogP contribution in [0.25, 0.3) is 11.1 Å². The first-order chi connectivity index (χ1) is 6.59. The van der Waals surface area contributed by atoms with E-state index in [9.17, 15) is 4.79 Å². The van der Waals surface area contributed by atoms with Crippen LogP contribution in [-0.2, 0) is 7.05 Å². The number of rotatable bonds is 1. The van der Waals surface area contributed by atoms with E-state index in [2.05, 4.69) is 0 Å². The number of oxazole rings is 1. The number of nitrogens with zero attached hydrogens (tertiary/aromatic N) is 2. The molecule has 1 aromatic heterocycles. The molecular formula is C10H12N2O2. The fourth-order valence-corrected chi connectivity index (χ4v) is 1.40. The Morgan fingerprint density at radius 3 is 2.71 bits per heavy atom. The summed E-state index contributed by atoms with van der Waals surface area (Å²) < 4.78 is 6.57. The Balaban J connectivity index is 2.73. The largest absolute Gasteiger partial charge is 0.419 e. The molecule has 0 aliphatic rings. The molecule has 0 fully saturated rings. The second-order valence-corrected chi connectivity index (χ2v) is 3.47. The van der Waals surface area contributed by atoms with E-state index in [-0.39, 0.29) is 5.76 Å². The van der Waals surface area contributed by atoms with E-state index in [1.165, 1.54) is 4.57 Å². The number of fused-ring (bicyclic) bond motifs is 1. The molecule has 0 aliphatic carbocycles. The Labute approximate surface area is 81.4 Å². The SMILES string of the molecule is CN(C)c1ccc2c(c1)oc(=O)n2C. The van der Waals surface area contributed by atoms with Gasteiger partial charge < -0.3 is 9.32 Å². The number of hydrogen-bond donors (Lipinski definition) is 0. The average Bonchev–Trinajstić information content (AvgIpc) is 2.42. The van der Waals surface area contributed by atoms with Gasteiger partial charge in [-0.1, -0.05) is 0 Å². The molecule has 0 unspecified atom stereocenters. The third-order valence-corrected chi connectivity index (χ3v) is 2.29. The van der Waals surface area contributed by atoms with Gasteiger partial charge in [0, 0.05) is 32.9 Å². The van der Waals surface area contributed by atoms with Crippen molar-refractivity contribution in [2.24, 2.45) is 7.05 Å². The van der Waals surface area contributed by atoms with Crippen LogP contribution in [0, 0.1) is 0 Å². The van der Waals surface area contributed by atoms with Gasteiger partial charge in [0.25, 0.3) is 0 Å². The minimum Gasteiger partial charge on any atom is -0.408 e. The van der Waals surface area contributed by atoms with Crippen molar-refractivity contribution in [3.8, 4) is 0 Å². The van der Waals surface area contributed by atoms with E-state index in [0.29, 0.717) is 5.58 Å². The molecule has 0 spiro atoms. The summed E-state index contributed by atoms with van der Waals surface area (Å²) in [7, 11) is 5.59. The molecule has 0 bridgehead atoms. The number of hydrogen-bond acceptors (Lipinski definition) is 3. The second-order valence-electron chi connectivity index (χ2n) is 3.47. The maximum Gasteiger partial charge on any atom is 0.419 e. The predicted molar refractivity (Wildman–Crippen MR) is 55.8 cm³/mol. The lowest BCUT2D eigenvalue weighted by molar-refractivity contribution is 0.528. The molecule has 74 valence electrons. The molecule has 1 aromatic carbocycles. The van der Waals surface area contributed by atoms with Gasteiger partial charge in [-0.3, -0.25) is 4.57 Å². The maximum atomic E-state index is 11.2. The van der Waals surface area contributed by atoms with Gasteiger partial charge in [-0.05, 0) is 12.1 Å². The lowest BCUT2D eigenvalue weighted by Gasteiger charge is -2.11. The van der Waals surface area contributed by atoms with Crippen LogP contribution in [0.3, 0.4) is 0 Å². The van der Waals surface area contributed by atoms with Crippen molar-refractivity contribution in [1.82, 2.24) is 4.57 Å². The summed E-state index contributed by atoms with van der Waals surface area (Å²) in [5.41, 5.74) is 2.47. The molecule has 0 atom stereocenters. The highest BCUT2D eigenvalue weighted by molar-refractivity contribution is 5.77. The summed E-state index contributed by atoms with van der Waals surface area (Å²) in [6.45, 7) is 0. The summed E-state index contributed by atoms with van der Waals surface area (Å²) in [5, 5.41) is 0. The molecule has 0 radical (unpaired) electrons.